The van der Waals surface area contributed by atoms with Gasteiger partial charge in [-0.3, -0.25) is 10.3 Å². The van der Waals surface area contributed by atoms with Gasteiger partial charge in [-0.25, -0.2) is 0 Å². The van der Waals surface area contributed by atoms with Crippen LogP contribution >= 0.6 is 12.2 Å². The second-order valence-electron chi connectivity index (χ2n) is 7.46. The molecule has 0 radical (unpaired) electrons. The minimum absolute atomic E-state index is 0.137. The molecule has 0 amide bonds. The molecule has 2 unspecified atom stereocenters. The molecule has 166 valence electrons. The topological polar surface area (TPSA) is 58.1 Å². The van der Waals surface area contributed by atoms with E-state index in [-0.39, 0.29) is 17.9 Å². The normalized spacial score (nSPS) is 22.9. The van der Waals surface area contributed by atoms with Gasteiger partial charge in [-0.2, -0.15) is 5.10 Å². The molecule has 2 N–H and O–H groups in total. The van der Waals surface area contributed by atoms with E-state index in [0.29, 0.717) is 18.2 Å². The molecule has 30 heavy (non-hydrogen) atoms. The van der Waals surface area contributed by atoms with Crippen molar-refractivity contribution in [2.45, 2.75) is 57.2 Å². The van der Waals surface area contributed by atoms with E-state index in [1.54, 1.807) is 12.1 Å². The molecule has 6 nitrogen and oxygen atoms in total. The van der Waals surface area contributed by atoms with Crippen molar-refractivity contribution >= 4 is 23.5 Å². The lowest BCUT2D eigenvalue weighted by molar-refractivity contribution is -0.274. The highest BCUT2D eigenvalue weighted by Gasteiger charge is 2.31. The molecule has 0 aromatic heterocycles. The van der Waals surface area contributed by atoms with Crippen molar-refractivity contribution in [2.24, 2.45) is 5.10 Å². The fourth-order valence-corrected chi connectivity index (χ4v) is 3.78. The average Bonchev–Trinajstić information content (AvgIpc) is 3.22. The maximum absolute atomic E-state index is 12.3. The first-order valence-corrected chi connectivity index (χ1v) is 10.6. The van der Waals surface area contributed by atoms with Crippen LogP contribution in [0.15, 0.2) is 29.4 Å². The summed E-state index contributed by atoms with van der Waals surface area (Å²) in [6, 6.07) is 6.14. The van der Waals surface area contributed by atoms with Crippen molar-refractivity contribution in [1.82, 2.24) is 15.6 Å². The highest BCUT2D eigenvalue weighted by molar-refractivity contribution is 7.80. The summed E-state index contributed by atoms with van der Waals surface area (Å²) in [7, 11) is 0. The Bertz CT molecular complexity index is 709. The molecule has 1 aromatic rings. The highest BCUT2D eigenvalue weighted by atomic mass is 32.1. The maximum atomic E-state index is 12.3. The third-order valence-electron chi connectivity index (χ3n) is 5.13. The Morgan fingerprint density at radius 1 is 1.23 bits per heavy atom. The Morgan fingerprint density at radius 2 is 2.03 bits per heavy atom. The van der Waals surface area contributed by atoms with Gasteiger partial charge in [0.25, 0.3) is 0 Å². The summed E-state index contributed by atoms with van der Waals surface area (Å²) in [5, 5.41) is 7.85. The standard InChI is InChI=1S/C20H27F3N4O2S/c21-20(22,23)29-17-8-6-15(7-9-17)14-27-10-2-1-4-16(27)12-25-26-19(30)24-13-18-5-3-11-28-18/h6-9,12,16,18H,1-5,10-11,13-14H2,(H2,24,26,30)/b25-12+. The fraction of sp³-hybridized carbons (Fsp3) is 0.600. The number of benzene rings is 1. The third kappa shape index (κ3) is 7.73. The number of thiocarbonyl (C=S) groups is 1. The van der Waals surface area contributed by atoms with Crippen LogP contribution in [-0.4, -0.2) is 54.4 Å². The molecular formula is C20H27F3N4O2S. The average molecular weight is 445 g/mol. The summed E-state index contributed by atoms with van der Waals surface area (Å²) < 4.78 is 46.4. The molecule has 2 heterocycles. The van der Waals surface area contributed by atoms with Gasteiger partial charge < -0.3 is 14.8 Å². The number of hydrogen-bond donors (Lipinski definition) is 2. The van der Waals surface area contributed by atoms with Gasteiger partial charge in [0, 0.05) is 32.0 Å². The Morgan fingerprint density at radius 3 is 2.73 bits per heavy atom. The molecular weight excluding hydrogens is 417 g/mol. The van der Waals surface area contributed by atoms with Crippen LogP contribution in [0, 0.1) is 0 Å². The number of alkyl halides is 3. The van der Waals surface area contributed by atoms with Gasteiger partial charge in [-0.1, -0.05) is 18.6 Å². The first-order chi connectivity index (χ1) is 14.4. The number of nitrogens with zero attached hydrogens (tertiary/aromatic N) is 2. The molecule has 3 rings (SSSR count). The second kappa shape index (κ2) is 10.9. The minimum Gasteiger partial charge on any atom is -0.406 e. The van der Waals surface area contributed by atoms with Crippen molar-refractivity contribution < 1.29 is 22.6 Å². The monoisotopic (exact) mass is 444 g/mol. The van der Waals surface area contributed by atoms with Crippen LogP contribution in [0.25, 0.3) is 0 Å². The number of piperidine rings is 1. The molecule has 2 saturated heterocycles. The van der Waals surface area contributed by atoms with Gasteiger partial charge in [-0.05, 0) is 62.1 Å². The lowest BCUT2D eigenvalue weighted by atomic mass is 10.0. The SMILES string of the molecule is FC(F)(F)Oc1ccc(CN2CCCCC2/C=N/NC(=S)NCC2CCCO2)cc1. The summed E-state index contributed by atoms with van der Waals surface area (Å²) >= 11 is 5.24. The van der Waals surface area contributed by atoms with Crippen molar-refractivity contribution in [3.05, 3.63) is 29.8 Å². The van der Waals surface area contributed by atoms with E-state index >= 15 is 0 Å². The lowest BCUT2D eigenvalue weighted by Gasteiger charge is -2.33. The third-order valence-corrected chi connectivity index (χ3v) is 5.37. The number of hydrogen-bond acceptors (Lipinski definition) is 5. The zero-order chi connectivity index (χ0) is 21.4. The van der Waals surface area contributed by atoms with Gasteiger partial charge >= 0.3 is 6.36 Å². The van der Waals surface area contributed by atoms with Crippen LogP contribution < -0.4 is 15.5 Å². The van der Waals surface area contributed by atoms with Gasteiger partial charge in [0.15, 0.2) is 5.11 Å². The van der Waals surface area contributed by atoms with E-state index in [1.807, 2.05) is 6.21 Å². The summed E-state index contributed by atoms with van der Waals surface area (Å²) in [6.45, 7) is 3.01. The van der Waals surface area contributed by atoms with Crippen LogP contribution in [0.3, 0.4) is 0 Å². The van der Waals surface area contributed by atoms with E-state index in [4.69, 9.17) is 17.0 Å². The first kappa shape index (κ1) is 22.8. The van der Waals surface area contributed by atoms with E-state index in [0.717, 1.165) is 50.8 Å². The van der Waals surface area contributed by atoms with Crippen molar-refractivity contribution in [3.8, 4) is 5.75 Å². The predicted molar refractivity (Wildman–Crippen MR) is 112 cm³/mol. The number of hydrazone groups is 1. The zero-order valence-corrected chi connectivity index (χ0v) is 17.5. The van der Waals surface area contributed by atoms with Crippen LogP contribution in [-0.2, 0) is 11.3 Å². The fourth-order valence-electron chi connectivity index (χ4n) is 3.65. The summed E-state index contributed by atoms with van der Waals surface area (Å²) in [5.74, 6) is -0.212. The van der Waals surface area contributed by atoms with Crippen LogP contribution in [0.1, 0.15) is 37.7 Å². The minimum atomic E-state index is -4.68. The molecule has 2 aliphatic rings. The van der Waals surface area contributed by atoms with Crippen molar-refractivity contribution in [2.75, 3.05) is 19.7 Å². The molecule has 2 aliphatic heterocycles. The Labute approximate surface area is 179 Å². The zero-order valence-electron chi connectivity index (χ0n) is 16.7. The Kier molecular flexibility index (Phi) is 8.29. The quantitative estimate of drug-likeness (QED) is 0.381. The highest BCUT2D eigenvalue weighted by Crippen LogP contribution is 2.24. The van der Waals surface area contributed by atoms with Crippen LogP contribution in [0.2, 0.25) is 0 Å². The van der Waals surface area contributed by atoms with E-state index in [2.05, 4.69) is 25.5 Å². The lowest BCUT2D eigenvalue weighted by Crippen LogP contribution is -2.41. The Balaban J connectivity index is 1.46. The summed E-state index contributed by atoms with van der Waals surface area (Å²) in [5.41, 5.74) is 3.77. The van der Waals surface area contributed by atoms with Gasteiger partial charge in [-0.15, -0.1) is 13.2 Å². The van der Waals surface area contributed by atoms with Gasteiger partial charge in [0.05, 0.1) is 6.10 Å². The maximum Gasteiger partial charge on any atom is 0.573 e. The number of rotatable bonds is 7. The van der Waals surface area contributed by atoms with Gasteiger partial charge in [0.2, 0.25) is 0 Å². The van der Waals surface area contributed by atoms with Crippen molar-refractivity contribution in [3.63, 3.8) is 0 Å². The molecule has 0 bridgehead atoms. The largest absolute Gasteiger partial charge is 0.573 e. The molecule has 0 spiro atoms. The van der Waals surface area contributed by atoms with Crippen molar-refractivity contribution in [1.29, 1.82) is 0 Å². The number of nitrogens with one attached hydrogen (secondary N) is 2. The number of ether oxygens (including phenoxy) is 2. The predicted octanol–water partition coefficient (Wildman–Crippen LogP) is 3.57. The van der Waals surface area contributed by atoms with E-state index in [9.17, 15) is 13.2 Å². The van der Waals surface area contributed by atoms with Crippen LogP contribution in [0.5, 0.6) is 5.75 Å². The first-order valence-electron chi connectivity index (χ1n) is 10.2. The van der Waals surface area contributed by atoms with E-state index < -0.39 is 6.36 Å². The smallest absolute Gasteiger partial charge is 0.406 e. The van der Waals surface area contributed by atoms with E-state index in [1.165, 1.54) is 12.1 Å². The molecule has 10 heteroatoms. The molecule has 2 atom stereocenters. The number of halogens is 3. The second-order valence-corrected chi connectivity index (χ2v) is 7.87. The molecule has 1 aromatic carbocycles. The molecule has 0 aliphatic carbocycles. The summed E-state index contributed by atoms with van der Waals surface area (Å²) in [4.78, 5) is 2.26. The van der Waals surface area contributed by atoms with Gasteiger partial charge in [0.1, 0.15) is 5.75 Å². The Hall–Kier alpha value is -1.91. The summed E-state index contributed by atoms with van der Waals surface area (Å²) in [6.07, 6.45) is 2.65. The van der Waals surface area contributed by atoms with Crippen LogP contribution in [0.4, 0.5) is 13.2 Å². The molecule has 0 saturated carbocycles. The molecule has 2 fully saturated rings. The number of likely N-dealkylation sites (tertiary alicyclic amines) is 1.